The van der Waals surface area contributed by atoms with Crippen molar-refractivity contribution in [2.24, 2.45) is 0 Å². The van der Waals surface area contributed by atoms with Crippen LogP contribution < -0.4 is 9.80 Å². The minimum absolute atomic E-state index is 0.0787. The van der Waals surface area contributed by atoms with E-state index in [0.717, 1.165) is 16.6 Å². The predicted octanol–water partition coefficient (Wildman–Crippen LogP) is 4.77. The van der Waals surface area contributed by atoms with Gasteiger partial charge in [0.15, 0.2) is 0 Å². The predicted molar refractivity (Wildman–Crippen MR) is 137 cm³/mol. The van der Waals surface area contributed by atoms with Gasteiger partial charge in [-0.3, -0.25) is 24.6 Å². The van der Waals surface area contributed by atoms with Gasteiger partial charge in [-0.15, -0.1) is 0 Å². The Kier molecular flexibility index (Phi) is 5.52. The number of aliphatic hydroxyl groups is 1. The summed E-state index contributed by atoms with van der Waals surface area (Å²) in [6.45, 7) is 0. The molecule has 1 aliphatic rings. The quantitative estimate of drug-likeness (QED) is 0.139. The second-order valence-corrected chi connectivity index (χ2v) is 8.68. The number of hydrogen-bond acceptors (Lipinski definition) is 6. The molecule has 180 valence electrons. The maximum Gasteiger partial charge on any atom is 0.300 e. The highest BCUT2D eigenvalue weighted by molar-refractivity contribution is 6.51. The summed E-state index contributed by atoms with van der Waals surface area (Å²) in [6, 6.07) is 19.0. The number of carbonyl (C=O) groups excluding carboxylic acids is 2. The zero-order chi connectivity index (χ0) is 25.6. The first kappa shape index (κ1) is 22.9. The van der Waals surface area contributed by atoms with Gasteiger partial charge in [-0.25, -0.2) is 0 Å². The molecule has 1 amide bonds. The molecule has 36 heavy (non-hydrogen) atoms. The molecule has 1 saturated heterocycles. The molecule has 5 rings (SSSR count). The van der Waals surface area contributed by atoms with Gasteiger partial charge in [0.2, 0.25) is 0 Å². The number of anilines is 2. The highest BCUT2D eigenvalue weighted by atomic mass is 16.6. The third kappa shape index (κ3) is 3.67. The number of amides is 1. The lowest BCUT2D eigenvalue weighted by atomic mass is 9.94. The van der Waals surface area contributed by atoms with Gasteiger partial charge in [-0.05, 0) is 30.3 Å². The summed E-state index contributed by atoms with van der Waals surface area (Å²) >= 11 is 0. The number of benzene rings is 3. The third-order valence-corrected chi connectivity index (χ3v) is 6.33. The molecule has 1 atom stereocenters. The molecule has 2 heterocycles. The molecule has 0 spiro atoms. The van der Waals surface area contributed by atoms with Crippen LogP contribution in [0.5, 0.6) is 0 Å². The maximum absolute atomic E-state index is 13.4. The van der Waals surface area contributed by atoms with E-state index in [1.807, 2.05) is 55.4 Å². The highest BCUT2D eigenvalue weighted by Crippen LogP contribution is 2.44. The normalized spacial score (nSPS) is 17.1. The Labute approximate surface area is 206 Å². The minimum Gasteiger partial charge on any atom is -0.507 e. The van der Waals surface area contributed by atoms with Crippen LogP contribution in [0.15, 0.2) is 84.6 Å². The van der Waals surface area contributed by atoms with Gasteiger partial charge in [0.25, 0.3) is 17.4 Å². The number of rotatable bonds is 5. The van der Waals surface area contributed by atoms with Gasteiger partial charge in [0.1, 0.15) is 5.76 Å². The fraction of sp³-hybridized carbons (Fsp3) is 0.111. The van der Waals surface area contributed by atoms with Crippen LogP contribution in [0, 0.1) is 10.1 Å². The van der Waals surface area contributed by atoms with Gasteiger partial charge in [0.05, 0.1) is 16.5 Å². The number of ketones is 1. The van der Waals surface area contributed by atoms with E-state index in [-0.39, 0.29) is 16.8 Å². The summed E-state index contributed by atoms with van der Waals surface area (Å²) in [5, 5.41) is 23.4. The number of fused-ring (bicyclic) bond motifs is 1. The first-order chi connectivity index (χ1) is 17.3. The molecule has 9 heteroatoms. The van der Waals surface area contributed by atoms with Crippen molar-refractivity contribution in [3.05, 3.63) is 106 Å². The van der Waals surface area contributed by atoms with Gasteiger partial charge < -0.3 is 15.0 Å². The van der Waals surface area contributed by atoms with Crippen LogP contribution in [0.4, 0.5) is 17.1 Å². The maximum atomic E-state index is 13.4. The number of non-ortho nitro benzene ring substituents is 1. The van der Waals surface area contributed by atoms with Crippen LogP contribution in [0.1, 0.15) is 17.2 Å². The number of nitrogens with zero attached hydrogens (tertiary/aromatic N) is 3. The van der Waals surface area contributed by atoms with Crippen LogP contribution in [0.3, 0.4) is 0 Å². The molecular formula is C27H22N4O5. The molecule has 0 bridgehead atoms. The molecule has 0 aliphatic carbocycles. The van der Waals surface area contributed by atoms with Crippen LogP contribution in [0.25, 0.3) is 16.7 Å². The molecule has 4 aromatic rings. The molecule has 0 saturated carbocycles. The number of Topliss-reactive ketones (excluding diaryl/α,β-unsaturated/α-hetero) is 1. The standard InChI is InChI=1S/C27H22N4O5/c1-29(2)17-10-12-18(13-11-17)30-24(21-15-28-22-9-4-3-8-20(21)22)23(26(33)27(30)34)25(32)16-6-5-7-19(14-16)31(35)36/h3-15,24,28,32H,1-2H3/b25-23+. The van der Waals surface area contributed by atoms with Crippen molar-refractivity contribution < 1.29 is 19.6 Å². The van der Waals surface area contributed by atoms with Crippen LogP contribution in [-0.2, 0) is 9.59 Å². The lowest BCUT2D eigenvalue weighted by Gasteiger charge is -2.25. The highest BCUT2D eigenvalue weighted by Gasteiger charge is 2.47. The van der Waals surface area contributed by atoms with Crippen molar-refractivity contribution in [3.63, 3.8) is 0 Å². The van der Waals surface area contributed by atoms with Crippen LogP contribution >= 0.6 is 0 Å². The van der Waals surface area contributed by atoms with E-state index < -0.39 is 28.4 Å². The zero-order valence-corrected chi connectivity index (χ0v) is 19.5. The van der Waals surface area contributed by atoms with E-state index in [4.69, 9.17) is 0 Å². The number of aromatic amines is 1. The van der Waals surface area contributed by atoms with Crippen molar-refractivity contribution in [1.29, 1.82) is 0 Å². The number of aromatic nitrogens is 1. The summed E-state index contributed by atoms with van der Waals surface area (Å²) in [7, 11) is 3.79. The molecule has 3 aromatic carbocycles. The van der Waals surface area contributed by atoms with E-state index in [2.05, 4.69) is 4.98 Å². The van der Waals surface area contributed by atoms with Gasteiger partial charge in [0, 0.05) is 65.8 Å². The lowest BCUT2D eigenvalue weighted by Crippen LogP contribution is -2.29. The van der Waals surface area contributed by atoms with E-state index in [1.54, 1.807) is 18.3 Å². The molecule has 1 unspecified atom stereocenters. The molecular weight excluding hydrogens is 460 g/mol. The Hall–Kier alpha value is -4.92. The third-order valence-electron chi connectivity index (χ3n) is 6.33. The zero-order valence-electron chi connectivity index (χ0n) is 19.5. The minimum atomic E-state index is -0.953. The number of hydrogen-bond donors (Lipinski definition) is 2. The molecule has 2 N–H and O–H groups in total. The average Bonchev–Trinajstić information content (AvgIpc) is 3.42. The molecule has 9 nitrogen and oxygen atoms in total. The number of H-pyrrole nitrogens is 1. The topological polar surface area (TPSA) is 120 Å². The van der Waals surface area contributed by atoms with E-state index in [9.17, 15) is 24.8 Å². The largest absolute Gasteiger partial charge is 0.507 e. The SMILES string of the molecule is CN(C)c1ccc(N2C(=O)C(=O)/C(=C(/O)c3cccc([N+](=O)[O-])c3)C2c2c[nH]c3ccccc23)cc1. The summed E-state index contributed by atoms with van der Waals surface area (Å²) in [4.78, 5) is 43.9. The Bertz CT molecular complexity index is 1550. The van der Waals surface area contributed by atoms with E-state index in [0.29, 0.717) is 11.3 Å². The first-order valence-corrected chi connectivity index (χ1v) is 11.2. The second kappa shape index (κ2) is 8.70. The number of aliphatic hydroxyl groups excluding tert-OH is 1. The monoisotopic (exact) mass is 482 g/mol. The van der Waals surface area contributed by atoms with Gasteiger partial charge in [-0.1, -0.05) is 30.3 Å². The molecule has 0 radical (unpaired) electrons. The number of nitro groups is 1. The Morgan fingerprint density at radius 3 is 2.44 bits per heavy atom. The molecule has 1 aromatic heterocycles. The Morgan fingerprint density at radius 1 is 1.03 bits per heavy atom. The fourth-order valence-electron chi connectivity index (χ4n) is 4.55. The van der Waals surface area contributed by atoms with Crippen LogP contribution in [0.2, 0.25) is 0 Å². The smallest absolute Gasteiger partial charge is 0.300 e. The number of carbonyl (C=O) groups is 2. The second-order valence-electron chi connectivity index (χ2n) is 8.68. The summed E-state index contributed by atoms with van der Waals surface area (Å²) < 4.78 is 0. The van der Waals surface area contributed by atoms with Gasteiger partial charge >= 0.3 is 0 Å². The molecule has 1 fully saturated rings. The fourth-order valence-corrected chi connectivity index (χ4v) is 4.55. The number of para-hydroxylation sites is 1. The Morgan fingerprint density at radius 2 is 1.75 bits per heavy atom. The molecule has 1 aliphatic heterocycles. The van der Waals surface area contributed by atoms with Crippen LogP contribution in [-0.4, -0.2) is 40.8 Å². The number of nitro benzene ring substituents is 1. The van der Waals surface area contributed by atoms with E-state index in [1.165, 1.54) is 29.2 Å². The summed E-state index contributed by atoms with van der Waals surface area (Å²) in [5.74, 6) is -2.14. The summed E-state index contributed by atoms with van der Waals surface area (Å²) in [5.41, 5.74) is 2.52. The Balaban J connectivity index is 1.75. The number of nitrogens with one attached hydrogen (secondary N) is 1. The van der Waals surface area contributed by atoms with Gasteiger partial charge in [-0.2, -0.15) is 0 Å². The van der Waals surface area contributed by atoms with Crippen molar-refractivity contribution in [2.45, 2.75) is 6.04 Å². The lowest BCUT2D eigenvalue weighted by molar-refractivity contribution is -0.384. The van der Waals surface area contributed by atoms with Crippen molar-refractivity contribution in [3.8, 4) is 0 Å². The average molecular weight is 482 g/mol. The van der Waals surface area contributed by atoms with Crippen molar-refractivity contribution in [1.82, 2.24) is 4.98 Å². The van der Waals surface area contributed by atoms with E-state index >= 15 is 0 Å². The first-order valence-electron chi connectivity index (χ1n) is 11.2. The van der Waals surface area contributed by atoms with Crippen molar-refractivity contribution >= 4 is 45.4 Å². The van der Waals surface area contributed by atoms with Crippen molar-refractivity contribution in [2.75, 3.05) is 23.9 Å². The summed E-state index contributed by atoms with van der Waals surface area (Å²) in [6.07, 6.45) is 1.71.